The zero-order chi connectivity index (χ0) is 12.8. The van der Waals surface area contributed by atoms with E-state index < -0.39 is 47.4 Å². The Hall–Kier alpha value is -1.42. The molecule has 0 amide bonds. The maximum absolute atomic E-state index is 12.5. The van der Waals surface area contributed by atoms with Crippen molar-refractivity contribution in [1.82, 2.24) is 0 Å². The smallest absolute Gasteiger partial charge is 0.481 e. The molecule has 0 spiro atoms. The van der Waals surface area contributed by atoms with Gasteiger partial charge in [-0.05, 0) is 0 Å². The Bertz CT molecular complexity index is 350. The van der Waals surface area contributed by atoms with Crippen LogP contribution in [0.4, 0.5) is 9.18 Å². The number of rotatable bonds is 6. The Balaban J connectivity index is 3.78. The molecule has 0 bridgehead atoms. The van der Waals surface area contributed by atoms with E-state index in [0.29, 0.717) is 0 Å². The number of hydrogen-bond acceptors (Lipinski definition) is 6. The van der Waals surface area contributed by atoms with Crippen molar-refractivity contribution in [3.8, 4) is 0 Å². The van der Waals surface area contributed by atoms with Crippen LogP contribution in [-0.4, -0.2) is 48.9 Å². The molecule has 0 rings (SSSR count). The topological polar surface area (TPSA) is 127 Å². The molecule has 0 radical (unpaired) electrons. The van der Waals surface area contributed by atoms with Gasteiger partial charge in [0, 0.05) is 0 Å². The molecule has 0 saturated heterocycles. The first-order chi connectivity index (χ1) is 7.23. The molecule has 2 N–H and O–H groups in total. The van der Waals surface area contributed by atoms with Crippen molar-refractivity contribution in [2.75, 3.05) is 13.2 Å². The molecular weight excluding hydrogens is 251 g/mol. The monoisotopic (exact) mass is 260 g/mol. The van der Waals surface area contributed by atoms with Crippen LogP contribution in [0.3, 0.4) is 0 Å². The van der Waals surface area contributed by atoms with Crippen molar-refractivity contribution in [3.63, 3.8) is 0 Å². The Morgan fingerprint density at radius 1 is 1.31 bits per heavy atom. The lowest BCUT2D eigenvalue weighted by atomic mass is 10.5. The molecule has 1 atom stereocenters. The van der Waals surface area contributed by atoms with Gasteiger partial charge in [-0.2, -0.15) is 8.42 Å². The number of halogens is 1. The minimum Gasteiger partial charge on any atom is -0.481 e. The maximum Gasteiger partial charge on any atom is 0.508 e. The molecule has 0 fully saturated rings. The third kappa shape index (κ3) is 6.95. The van der Waals surface area contributed by atoms with Crippen LogP contribution in [0.1, 0.15) is 6.42 Å². The Kier molecular flexibility index (Phi) is 5.67. The average Bonchev–Trinajstić information content (AvgIpc) is 2.11. The maximum atomic E-state index is 12.5. The highest BCUT2D eigenvalue weighted by Gasteiger charge is 2.24. The van der Waals surface area contributed by atoms with E-state index in [1.165, 1.54) is 0 Å². The Labute approximate surface area is 89.7 Å². The number of alkyl halides is 1. The standard InChI is InChI=1S/C6H9FO8S/c7-4(16(11,12)13)3-15-6(10)14-2-1-5(8)9/h4H,1-3H2,(H,8,9)(H,11,12,13). The van der Waals surface area contributed by atoms with E-state index >= 15 is 0 Å². The van der Waals surface area contributed by atoms with E-state index in [0.717, 1.165) is 0 Å². The summed E-state index contributed by atoms with van der Waals surface area (Å²) in [6, 6.07) is 0. The highest BCUT2D eigenvalue weighted by atomic mass is 32.2. The fourth-order valence-corrected chi connectivity index (χ4v) is 0.723. The van der Waals surface area contributed by atoms with Gasteiger partial charge in [0.1, 0.15) is 13.2 Å². The quantitative estimate of drug-likeness (QED) is 0.496. The fraction of sp³-hybridized carbons (Fsp3) is 0.667. The van der Waals surface area contributed by atoms with Gasteiger partial charge in [-0.1, -0.05) is 0 Å². The van der Waals surface area contributed by atoms with Crippen LogP contribution in [0, 0.1) is 0 Å². The third-order valence-corrected chi connectivity index (χ3v) is 1.97. The second-order valence-electron chi connectivity index (χ2n) is 2.48. The first-order valence-electron chi connectivity index (χ1n) is 3.85. The first-order valence-corrected chi connectivity index (χ1v) is 5.35. The van der Waals surface area contributed by atoms with Crippen molar-refractivity contribution in [2.24, 2.45) is 0 Å². The zero-order valence-corrected chi connectivity index (χ0v) is 8.65. The molecule has 0 aromatic heterocycles. The van der Waals surface area contributed by atoms with Gasteiger partial charge in [0.05, 0.1) is 6.42 Å². The number of carbonyl (C=O) groups excluding carboxylic acids is 1. The number of aliphatic carboxylic acids is 1. The van der Waals surface area contributed by atoms with E-state index in [1.54, 1.807) is 0 Å². The molecule has 0 aliphatic rings. The number of ether oxygens (including phenoxy) is 2. The second kappa shape index (κ2) is 6.23. The number of carbonyl (C=O) groups is 2. The molecule has 0 aliphatic carbocycles. The van der Waals surface area contributed by atoms with Crippen molar-refractivity contribution >= 4 is 22.2 Å². The lowest BCUT2D eigenvalue weighted by molar-refractivity contribution is -0.137. The summed E-state index contributed by atoms with van der Waals surface area (Å²) in [7, 11) is -4.93. The number of carboxylic acids is 1. The summed E-state index contributed by atoms with van der Waals surface area (Å²) in [5, 5.41) is 8.15. The first kappa shape index (κ1) is 14.6. The molecule has 0 saturated carbocycles. The largest absolute Gasteiger partial charge is 0.508 e. The van der Waals surface area contributed by atoms with Crippen LogP contribution in [-0.2, 0) is 24.4 Å². The highest BCUT2D eigenvalue weighted by Crippen LogP contribution is 2.01. The molecule has 0 heterocycles. The normalized spacial score (nSPS) is 12.9. The van der Waals surface area contributed by atoms with Crippen molar-refractivity contribution in [3.05, 3.63) is 0 Å². The number of hydrogen-bond donors (Lipinski definition) is 2. The Morgan fingerprint density at radius 2 is 1.88 bits per heavy atom. The fourth-order valence-electron chi connectivity index (χ4n) is 0.483. The van der Waals surface area contributed by atoms with Gasteiger partial charge in [-0.25, -0.2) is 9.18 Å². The molecule has 16 heavy (non-hydrogen) atoms. The van der Waals surface area contributed by atoms with E-state index in [9.17, 15) is 22.4 Å². The highest BCUT2D eigenvalue weighted by molar-refractivity contribution is 7.86. The minimum atomic E-state index is -4.93. The van der Waals surface area contributed by atoms with Gasteiger partial charge in [-0.3, -0.25) is 9.35 Å². The van der Waals surface area contributed by atoms with Crippen LogP contribution in [0.2, 0.25) is 0 Å². The summed E-state index contributed by atoms with van der Waals surface area (Å²) in [6.45, 7) is -1.72. The summed E-state index contributed by atoms with van der Waals surface area (Å²) in [4.78, 5) is 20.5. The minimum absolute atomic E-state index is 0.466. The molecule has 94 valence electrons. The molecule has 0 aromatic carbocycles. The van der Waals surface area contributed by atoms with Gasteiger partial charge < -0.3 is 14.6 Å². The molecule has 1 unspecified atom stereocenters. The summed E-state index contributed by atoms with van der Waals surface area (Å²) in [6.07, 6.45) is -1.89. The summed E-state index contributed by atoms with van der Waals surface area (Å²) >= 11 is 0. The van der Waals surface area contributed by atoms with E-state index in [1.807, 2.05) is 0 Å². The SMILES string of the molecule is O=C(O)CCOC(=O)OCC(F)S(=O)(=O)O. The van der Waals surface area contributed by atoms with E-state index in [2.05, 4.69) is 9.47 Å². The van der Waals surface area contributed by atoms with Crippen LogP contribution >= 0.6 is 0 Å². The van der Waals surface area contributed by atoms with E-state index in [4.69, 9.17) is 9.66 Å². The van der Waals surface area contributed by atoms with Gasteiger partial charge in [-0.15, -0.1) is 0 Å². The van der Waals surface area contributed by atoms with Gasteiger partial charge >= 0.3 is 22.2 Å². The predicted octanol–water partition coefficient (Wildman–Crippen LogP) is -0.202. The van der Waals surface area contributed by atoms with Gasteiger partial charge in [0.25, 0.3) is 5.50 Å². The lowest BCUT2D eigenvalue weighted by Gasteiger charge is -2.06. The van der Waals surface area contributed by atoms with Crippen LogP contribution < -0.4 is 0 Å². The Morgan fingerprint density at radius 3 is 2.31 bits per heavy atom. The second-order valence-corrected chi connectivity index (χ2v) is 4.02. The van der Waals surface area contributed by atoms with Crippen molar-refractivity contribution in [1.29, 1.82) is 0 Å². The number of carboxylic acid groups (broad SMARTS) is 1. The van der Waals surface area contributed by atoms with Crippen LogP contribution in [0.5, 0.6) is 0 Å². The lowest BCUT2D eigenvalue weighted by Crippen LogP contribution is -2.23. The molecule has 8 nitrogen and oxygen atoms in total. The summed E-state index contributed by atoms with van der Waals surface area (Å²) in [5.74, 6) is -1.21. The van der Waals surface area contributed by atoms with Crippen molar-refractivity contribution in [2.45, 2.75) is 11.9 Å². The van der Waals surface area contributed by atoms with E-state index in [-0.39, 0.29) is 0 Å². The molecule has 0 aliphatic heterocycles. The predicted molar refractivity (Wildman–Crippen MR) is 46.0 cm³/mol. The summed E-state index contributed by atoms with van der Waals surface area (Å²) < 4.78 is 48.9. The van der Waals surface area contributed by atoms with Crippen LogP contribution in [0.25, 0.3) is 0 Å². The summed E-state index contributed by atoms with van der Waals surface area (Å²) in [5.41, 5.74) is -2.76. The zero-order valence-electron chi connectivity index (χ0n) is 7.83. The van der Waals surface area contributed by atoms with Gasteiger partial charge in [0.2, 0.25) is 0 Å². The average molecular weight is 260 g/mol. The molecular formula is C6H9FO8S. The van der Waals surface area contributed by atoms with Gasteiger partial charge in [0.15, 0.2) is 0 Å². The van der Waals surface area contributed by atoms with Crippen LogP contribution in [0.15, 0.2) is 0 Å². The molecule has 0 aromatic rings. The molecule has 10 heteroatoms. The third-order valence-electron chi connectivity index (χ3n) is 1.19. The van der Waals surface area contributed by atoms with Crippen molar-refractivity contribution < 1.29 is 41.5 Å².